The Morgan fingerprint density at radius 1 is 1.17 bits per heavy atom. The van der Waals surface area contributed by atoms with Crippen LogP contribution >= 0.6 is 11.6 Å². The Morgan fingerprint density at radius 2 is 1.83 bits per heavy atom. The monoisotopic (exact) mass is 182 g/mol. The largest absolute Gasteiger partial charge is 0.127 e. The maximum Gasteiger partial charge on any atom is 0.0226 e. The Balaban J connectivity index is 2.68. The van der Waals surface area contributed by atoms with Crippen LogP contribution in [0.25, 0.3) is 0 Å². The standard InChI is InChI=1S/C11H15Cl/c1-2-10-6-3-4-7-11(10)8-5-9-12/h3-4,6-7H,2,5,8-9H2,1H3. The van der Waals surface area contributed by atoms with Crippen LogP contribution in [-0.2, 0) is 12.8 Å². The first-order valence-electron chi connectivity index (χ1n) is 4.51. The summed E-state index contributed by atoms with van der Waals surface area (Å²) in [4.78, 5) is 0. The summed E-state index contributed by atoms with van der Waals surface area (Å²) in [5, 5.41) is 0. The Kier molecular flexibility index (Phi) is 4.16. The molecule has 1 aromatic rings. The molecule has 66 valence electrons. The lowest BCUT2D eigenvalue weighted by Crippen LogP contribution is -1.92. The Labute approximate surface area is 79.6 Å². The molecule has 0 aromatic heterocycles. The van der Waals surface area contributed by atoms with Crippen LogP contribution in [0, 0.1) is 0 Å². The van der Waals surface area contributed by atoms with Gasteiger partial charge in [-0.1, -0.05) is 31.2 Å². The lowest BCUT2D eigenvalue weighted by Gasteiger charge is -2.05. The molecule has 0 nitrogen and oxygen atoms in total. The summed E-state index contributed by atoms with van der Waals surface area (Å²) in [7, 11) is 0. The highest BCUT2D eigenvalue weighted by atomic mass is 35.5. The molecule has 0 bridgehead atoms. The summed E-state index contributed by atoms with van der Waals surface area (Å²) in [6.45, 7) is 2.19. The second-order valence-corrected chi connectivity index (χ2v) is 3.29. The number of rotatable bonds is 4. The van der Waals surface area contributed by atoms with Gasteiger partial charge < -0.3 is 0 Å². The third kappa shape index (κ3) is 2.53. The maximum atomic E-state index is 5.65. The van der Waals surface area contributed by atoms with E-state index in [4.69, 9.17) is 11.6 Å². The van der Waals surface area contributed by atoms with Crippen LogP contribution in [-0.4, -0.2) is 5.88 Å². The molecule has 0 saturated carbocycles. The van der Waals surface area contributed by atoms with Gasteiger partial charge in [0.1, 0.15) is 0 Å². The molecule has 0 saturated heterocycles. The van der Waals surface area contributed by atoms with Crippen molar-refractivity contribution >= 4 is 11.6 Å². The van der Waals surface area contributed by atoms with Gasteiger partial charge in [-0.2, -0.15) is 0 Å². The highest BCUT2D eigenvalue weighted by Gasteiger charge is 1.97. The fourth-order valence-electron chi connectivity index (χ4n) is 1.40. The van der Waals surface area contributed by atoms with E-state index in [1.807, 2.05) is 0 Å². The van der Waals surface area contributed by atoms with Crippen molar-refractivity contribution in [3.8, 4) is 0 Å². The van der Waals surface area contributed by atoms with E-state index in [1.165, 1.54) is 11.1 Å². The average molecular weight is 183 g/mol. The number of aryl methyl sites for hydroxylation is 2. The van der Waals surface area contributed by atoms with Crippen LogP contribution in [0.3, 0.4) is 0 Å². The third-order valence-corrected chi connectivity index (χ3v) is 2.35. The van der Waals surface area contributed by atoms with Crippen molar-refractivity contribution < 1.29 is 0 Å². The molecule has 0 spiro atoms. The van der Waals surface area contributed by atoms with Crippen molar-refractivity contribution in [2.24, 2.45) is 0 Å². The van der Waals surface area contributed by atoms with Crippen molar-refractivity contribution in [3.05, 3.63) is 35.4 Å². The molecular formula is C11H15Cl. The molecule has 0 atom stereocenters. The number of hydrogen-bond acceptors (Lipinski definition) is 0. The number of hydrogen-bond donors (Lipinski definition) is 0. The van der Waals surface area contributed by atoms with E-state index in [9.17, 15) is 0 Å². The van der Waals surface area contributed by atoms with Gasteiger partial charge in [0.15, 0.2) is 0 Å². The lowest BCUT2D eigenvalue weighted by molar-refractivity contribution is 0.905. The minimum absolute atomic E-state index is 0.762. The number of alkyl halides is 1. The smallest absolute Gasteiger partial charge is 0.0226 e. The third-order valence-electron chi connectivity index (χ3n) is 2.08. The molecule has 0 amide bonds. The molecule has 0 fully saturated rings. The molecule has 0 radical (unpaired) electrons. The van der Waals surface area contributed by atoms with Gasteiger partial charge in [-0.05, 0) is 30.4 Å². The molecule has 0 aliphatic carbocycles. The van der Waals surface area contributed by atoms with Crippen molar-refractivity contribution in [1.29, 1.82) is 0 Å². The first-order valence-corrected chi connectivity index (χ1v) is 5.04. The Morgan fingerprint density at radius 3 is 2.42 bits per heavy atom. The normalized spacial score (nSPS) is 10.2. The second-order valence-electron chi connectivity index (χ2n) is 2.91. The van der Waals surface area contributed by atoms with Gasteiger partial charge in [0.25, 0.3) is 0 Å². The van der Waals surface area contributed by atoms with E-state index < -0.39 is 0 Å². The number of halogens is 1. The van der Waals surface area contributed by atoms with E-state index in [0.717, 1.165) is 25.1 Å². The van der Waals surface area contributed by atoms with Crippen LogP contribution in [0.1, 0.15) is 24.5 Å². The van der Waals surface area contributed by atoms with Crippen molar-refractivity contribution in [2.75, 3.05) is 5.88 Å². The molecule has 0 unspecified atom stereocenters. The molecule has 0 heterocycles. The number of benzene rings is 1. The minimum Gasteiger partial charge on any atom is -0.127 e. The zero-order valence-electron chi connectivity index (χ0n) is 7.52. The van der Waals surface area contributed by atoms with E-state index in [2.05, 4.69) is 31.2 Å². The van der Waals surface area contributed by atoms with Gasteiger partial charge in [-0.3, -0.25) is 0 Å². The molecule has 1 rings (SSSR count). The zero-order chi connectivity index (χ0) is 8.81. The summed E-state index contributed by atoms with van der Waals surface area (Å²) in [5.41, 5.74) is 2.92. The van der Waals surface area contributed by atoms with E-state index >= 15 is 0 Å². The minimum atomic E-state index is 0.762. The fraction of sp³-hybridized carbons (Fsp3) is 0.455. The van der Waals surface area contributed by atoms with Crippen LogP contribution in [0.15, 0.2) is 24.3 Å². The topological polar surface area (TPSA) is 0 Å². The summed E-state index contributed by atoms with van der Waals surface area (Å²) < 4.78 is 0. The lowest BCUT2D eigenvalue weighted by atomic mass is 10.0. The molecule has 12 heavy (non-hydrogen) atoms. The van der Waals surface area contributed by atoms with Crippen LogP contribution < -0.4 is 0 Å². The predicted molar refractivity (Wildman–Crippen MR) is 54.9 cm³/mol. The first-order chi connectivity index (χ1) is 5.88. The highest BCUT2D eigenvalue weighted by molar-refractivity contribution is 6.17. The second kappa shape index (κ2) is 5.21. The van der Waals surface area contributed by atoms with Crippen LogP contribution in [0.5, 0.6) is 0 Å². The van der Waals surface area contributed by atoms with Crippen molar-refractivity contribution in [1.82, 2.24) is 0 Å². The van der Waals surface area contributed by atoms with Gasteiger partial charge in [-0.15, -0.1) is 11.6 Å². The van der Waals surface area contributed by atoms with Crippen molar-refractivity contribution in [3.63, 3.8) is 0 Å². The maximum absolute atomic E-state index is 5.65. The van der Waals surface area contributed by atoms with E-state index in [0.29, 0.717) is 0 Å². The van der Waals surface area contributed by atoms with Crippen molar-refractivity contribution in [2.45, 2.75) is 26.2 Å². The average Bonchev–Trinajstić information content (AvgIpc) is 2.15. The Bertz CT molecular complexity index is 230. The molecule has 1 aromatic carbocycles. The molecule has 1 heteroatoms. The summed E-state index contributed by atoms with van der Waals surface area (Å²) >= 11 is 5.65. The van der Waals surface area contributed by atoms with E-state index in [1.54, 1.807) is 0 Å². The summed E-state index contributed by atoms with van der Waals surface area (Å²) in [5.74, 6) is 0.762. The van der Waals surface area contributed by atoms with Gasteiger partial charge in [-0.25, -0.2) is 0 Å². The van der Waals surface area contributed by atoms with E-state index in [-0.39, 0.29) is 0 Å². The van der Waals surface area contributed by atoms with Gasteiger partial charge in [0.05, 0.1) is 0 Å². The summed E-state index contributed by atoms with van der Waals surface area (Å²) in [6.07, 6.45) is 3.32. The molecule has 0 aliphatic rings. The summed E-state index contributed by atoms with van der Waals surface area (Å²) in [6, 6.07) is 8.60. The quantitative estimate of drug-likeness (QED) is 0.626. The van der Waals surface area contributed by atoms with Gasteiger partial charge in [0, 0.05) is 5.88 Å². The first kappa shape index (κ1) is 9.60. The van der Waals surface area contributed by atoms with Gasteiger partial charge >= 0.3 is 0 Å². The molecule has 0 N–H and O–H groups in total. The van der Waals surface area contributed by atoms with Crippen LogP contribution in [0.2, 0.25) is 0 Å². The highest BCUT2D eigenvalue weighted by Crippen LogP contribution is 2.11. The fourth-order valence-corrected chi connectivity index (χ4v) is 1.54. The Hall–Kier alpha value is -0.490. The SMILES string of the molecule is CCc1ccccc1CCCCl. The zero-order valence-corrected chi connectivity index (χ0v) is 8.27. The van der Waals surface area contributed by atoms with Gasteiger partial charge in [0.2, 0.25) is 0 Å². The molecular weight excluding hydrogens is 168 g/mol. The molecule has 0 aliphatic heterocycles. The predicted octanol–water partition coefficient (Wildman–Crippen LogP) is 3.42. The van der Waals surface area contributed by atoms with Crippen LogP contribution in [0.4, 0.5) is 0 Å².